The third-order valence-electron chi connectivity index (χ3n) is 1.90. The number of nitrogens with zero attached hydrogens (tertiary/aromatic N) is 3. The highest BCUT2D eigenvalue weighted by atomic mass is 35.5. The van der Waals surface area contributed by atoms with E-state index < -0.39 is 0 Å². The highest BCUT2D eigenvalue weighted by Crippen LogP contribution is 2.26. The maximum absolute atomic E-state index is 11.7. The molecule has 84 valence electrons. The van der Waals surface area contributed by atoms with Gasteiger partial charge in [-0.2, -0.15) is 5.21 Å². The number of halogens is 1. The van der Waals surface area contributed by atoms with Gasteiger partial charge in [0, 0.05) is 0 Å². The largest absolute Gasteiger partial charge is 0.344 e. The number of hydrogen-bond acceptors (Lipinski definition) is 5. The topological polar surface area (TPSA) is 83.6 Å². The van der Waals surface area contributed by atoms with E-state index in [0.29, 0.717) is 15.7 Å². The van der Waals surface area contributed by atoms with Gasteiger partial charge in [-0.15, -0.1) is 21.5 Å². The number of H-pyrrole nitrogens is 1. The van der Waals surface area contributed by atoms with Gasteiger partial charge in [-0.3, -0.25) is 4.79 Å². The van der Waals surface area contributed by atoms with Gasteiger partial charge in [-0.1, -0.05) is 16.8 Å². The molecule has 2 aromatic heterocycles. The smallest absolute Gasteiger partial charge is 0.263 e. The molecule has 0 fully saturated rings. The van der Waals surface area contributed by atoms with Gasteiger partial charge >= 0.3 is 0 Å². The van der Waals surface area contributed by atoms with Crippen molar-refractivity contribution >= 4 is 28.8 Å². The summed E-state index contributed by atoms with van der Waals surface area (Å²) < 4.78 is 0. The van der Waals surface area contributed by atoms with Gasteiger partial charge in [0.05, 0.1) is 11.6 Å². The monoisotopic (exact) mass is 257 g/mol. The summed E-state index contributed by atoms with van der Waals surface area (Å²) in [5, 5.41) is 18.1. The number of carbonyl (C=O) groups is 1. The molecule has 0 spiro atoms. The summed E-state index contributed by atoms with van der Waals surface area (Å²) in [5.74, 6) is 0.200. The molecule has 0 radical (unpaired) electrons. The second-order valence-corrected chi connectivity index (χ2v) is 4.33. The lowest BCUT2D eigenvalue weighted by molar-refractivity contribution is 0.0954. The van der Waals surface area contributed by atoms with Crippen molar-refractivity contribution in [3.63, 3.8) is 0 Å². The molecule has 2 heterocycles. The average Bonchev–Trinajstić information content (AvgIpc) is 2.88. The van der Waals surface area contributed by atoms with Crippen molar-refractivity contribution in [2.45, 2.75) is 13.5 Å². The van der Waals surface area contributed by atoms with E-state index in [1.54, 1.807) is 0 Å². The van der Waals surface area contributed by atoms with Crippen molar-refractivity contribution in [2.75, 3.05) is 0 Å². The summed E-state index contributed by atoms with van der Waals surface area (Å²) >= 11 is 7.28. The van der Waals surface area contributed by atoms with Crippen molar-refractivity contribution in [3.05, 3.63) is 26.7 Å². The summed E-state index contributed by atoms with van der Waals surface area (Å²) in [6.45, 7) is 2.08. The predicted octanol–water partition coefficient (Wildman–Crippen LogP) is 1.15. The second kappa shape index (κ2) is 4.58. The number of aryl methyl sites for hydroxylation is 1. The van der Waals surface area contributed by atoms with Gasteiger partial charge < -0.3 is 5.32 Å². The SMILES string of the molecule is Cc1csc(C(=O)NCc2nn[nH]n2)c1Cl. The first kappa shape index (κ1) is 11.0. The molecule has 0 saturated heterocycles. The van der Waals surface area contributed by atoms with Gasteiger partial charge in [0.25, 0.3) is 5.91 Å². The summed E-state index contributed by atoms with van der Waals surface area (Å²) in [4.78, 5) is 12.2. The Morgan fingerprint density at radius 3 is 3.06 bits per heavy atom. The molecule has 1 amide bonds. The highest BCUT2D eigenvalue weighted by Gasteiger charge is 2.14. The van der Waals surface area contributed by atoms with E-state index in [0.717, 1.165) is 5.56 Å². The minimum absolute atomic E-state index is 0.225. The zero-order valence-electron chi connectivity index (χ0n) is 8.32. The Hall–Kier alpha value is -1.47. The molecule has 0 aliphatic carbocycles. The number of hydrogen-bond donors (Lipinski definition) is 2. The molecule has 0 aliphatic heterocycles. The molecular formula is C8H8ClN5OS. The Morgan fingerprint density at radius 1 is 1.69 bits per heavy atom. The third kappa shape index (κ3) is 2.20. The molecule has 0 saturated carbocycles. The Kier molecular flexibility index (Phi) is 3.16. The van der Waals surface area contributed by atoms with E-state index in [1.807, 2.05) is 12.3 Å². The van der Waals surface area contributed by atoms with Crippen LogP contribution < -0.4 is 5.32 Å². The van der Waals surface area contributed by atoms with E-state index in [9.17, 15) is 4.79 Å². The number of aromatic nitrogens is 4. The molecule has 0 bridgehead atoms. The number of tetrazole rings is 1. The van der Waals surface area contributed by atoms with E-state index in [-0.39, 0.29) is 12.5 Å². The molecule has 0 atom stereocenters. The maximum atomic E-state index is 11.7. The first-order chi connectivity index (χ1) is 7.68. The molecular weight excluding hydrogens is 250 g/mol. The van der Waals surface area contributed by atoms with Crippen LogP contribution in [-0.4, -0.2) is 26.5 Å². The Balaban J connectivity index is 2.01. The summed E-state index contributed by atoms with van der Waals surface area (Å²) in [6.07, 6.45) is 0. The van der Waals surface area contributed by atoms with Gasteiger partial charge in [-0.05, 0) is 17.9 Å². The fourth-order valence-corrected chi connectivity index (χ4v) is 2.27. The summed E-state index contributed by atoms with van der Waals surface area (Å²) in [6, 6.07) is 0. The van der Waals surface area contributed by atoms with Gasteiger partial charge in [0.2, 0.25) is 0 Å². The van der Waals surface area contributed by atoms with Crippen molar-refractivity contribution in [1.29, 1.82) is 0 Å². The van der Waals surface area contributed by atoms with Crippen LogP contribution >= 0.6 is 22.9 Å². The van der Waals surface area contributed by atoms with Crippen LogP contribution in [0.2, 0.25) is 5.02 Å². The summed E-state index contributed by atoms with van der Waals surface area (Å²) in [7, 11) is 0. The molecule has 6 nitrogen and oxygen atoms in total. The molecule has 2 N–H and O–H groups in total. The van der Waals surface area contributed by atoms with Crippen molar-refractivity contribution in [1.82, 2.24) is 25.9 Å². The van der Waals surface area contributed by atoms with Crippen LogP contribution in [0.15, 0.2) is 5.38 Å². The normalized spacial score (nSPS) is 10.4. The van der Waals surface area contributed by atoms with Crippen LogP contribution in [-0.2, 0) is 6.54 Å². The Labute approximate surface area is 100 Å². The molecule has 0 aliphatic rings. The fraction of sp³-hybridized carbons (Fsp3) is 0.250. The first-order valence-electron chi connectivity index (χ1n) is 4.42. The lowest BCUT2D eigenvalue weighted by Crippen LogP contribution is -2.22. The number of thiophene rings is 1. The molecule has 16 heavy (non-hydrogen) atoms. The average molecular weight is 258 g/mol. The van der Waals surface area contributed by atoms with Crippen LogP contribution in [0, 0.1) is 6.92 Å². The minimum atomic E-state index is -0.229. The Morgan fingerprint density at radius 2 is 2.50 bits per heavy atom. The van der Waals surface area contributed by atoms with Crippen LogP contribution in [0.3, 0.4) is 0 Å². The quantitative estimate of drug-likeness (QED) is 0.864. The minimum Gasteiger partial charge on any atom is -0.344 e. The standard InChI is InChI=1S/C8H8ClN5OS/c1-4-3-16-7(6(4)9)8(15)10-2-5-11-13-14-12-5/h3H,2H2,1H3,(H,10,15)(H,11,12,13,14). The van der Waals surface area contributed by atoms with E-state index in [4.69, 9.17) is 11.6 Å². The number of nitrogens with one attached hydrogen (secondary N) is 2. The molecule has 2 rings (SSSR count). The summed E-state index contributed by atoms with van der Waals surface area (Å²) in [5.41, 5.74) is 0.899. The maximum Gasteiger partial charge on any atom is 0.263 e. The zero-order valence-corrected chi connectivity index (χ0v) is 9.89. The number of aromatic amines is 1. The van der Waals surface area contributed by atoms with E-state index in [1.165, 1.54) is 11.3 Å². The lowest BCUT2D eigenvalue weighted by Gasteiger charge is -2.00. The number of rotatable bonds is 3. The van der Waals surface area contributed by atoms with E-state index >= 15 is 0 Å². The van der Waals surface area contributed by atoms with Crippen molar-refractivity contribution < 1.29 is 4.79 Å². The van der Waals surface area contributed by atoms with Crippen molar-refractivity contribution in [3.8, 4) is 0 Å². The molecule has 0 unspecified atom stereocenters. The van der Waals surface area contributed by atoms with Crippen LogP contribution in [0.4, 0.5) is 0 Å². The van der Waals surface area contributed by atoms with Crippen LogP contribution in [0.25, 0.3) is 0 Å². The van der Waals surface area contributed by atoms with Crippen LogP contribution in [0.1, 0.15) is 21.1 Å². The lowest BCUT2D eigenvalue weighted by atomic mass is 10.3. The van der Waals surface area contributed by atoms with Crippen LogP contribution in [0.5, 0.6) is 0 Å². The van der Waals surface area contributed by atoms with Gasteiger partial charge in [-0.25, -0.2) is 0 Å². The number of amides is 1. The predicted molar refractivity (Wildman–Crippen MR) is 59.4 cm³/mol. The highest BCUT2D eigenvalue weighted by molar-refractivity contribution is 7.13. The Bertz CT molecular complexity index is 495. The molecule has 2 aromatic rings. The van der Waals surface area contributed by atoms with Gasteiger partial charge in [0.15, 0.2) is 5.82 Å². The second-order valence-electron chi connectivity index (χ2n) is 3.07. The fourth-order valence-electron chi connectivity index (χ4n) is 1.08. The third-order valence-corrected chi connectivity index (χ3v) is 3.60. The first-order valence-corrected chi connectivity index (χ1v) is 5.68. The van der Waals surface area contributed by atoms with Crippen molar-refractivity contribution in [2.24, 2.45) is 0 Å². The zero-order chi connectivity index (χ0) is 11.5. The molecule has 8 heteroatoms. The molecule has 0 aromatic carbocycles. The number of carbonyl (C=O) groups excluding carboxylic acids is 1. The van der Waals surface area contributed by atoms with E-state index in [2.05, 4.69) is 25.9 Å². The van der Waals surface area contributed by atoms with Gasteiger partial charge in [0.1, 0.15) is 4.88 Å².